The zero-order valence-corrected chi connectivity index (χ0v) is 16.2. The molecule has 0 amide bonds. The van der Waals surface area contributed by atoms with Crippen LogP contribution in [0.5, 0.6) is 0 Å². The zero-order valence-electron chi connectivity index (χ0n) is 16.2. The molecular formula is C20H21N5O4. The third-order valence-electron chi connectivity index (χ3n) is 4.39. The van der Waals surface area contributed by atoms with Gasteiger partial charge in [0.15, 0.2) is 0 Å². The van der Waals surface area contributed by atoms with Gasteiger partial charge < -0.3 is 4.74 Å². The van der Waals surface area contributed by atoms with Gasteiger partial charge in [0.05, 0.1) is 21.5 Å². The van der Waals surface area contributed by atoms with Crippen LogP contribution in [0.25, 0.3) is 10.9 Å². The Labute approximate surface area is 166 Å². The van der Waals surface area contributed by atoms with Crippen LogP contribution >= 0.6 is 0 Å². The Balaban J connectivity index is 1.96. The first-order valence-electron chi connectivity index (χ1n) is 9.05. The van der Waals surface area contributed by atoms with Gasteiger partial charge in [-0.15, -0.1) is 0 Å². The molecular weight excluding hydrogens is 374 g/mol. The molecule has 0 bridgehead atoms. The smallest absolute Gasteiger partial charge is 0.270 e. The molecule has 1 aromatic heterocycles. The average molecular weight is 395 g/mol. The van der Waals surface area contributed by atoms with Gasteiger partial charge >= 0.3 is 0 Å². The lowest BCUT2D eigenvalue weighted by Crippen LogP contribution is -2.25. The monoisotopic (exact) mass is 395 g/mol. The van der Waals surface area contributed by atoms with E-state index < -0.39 is 4.92 Å². The Morgan fingerprint density at radius 2 is 2.07 bits per heavy atom. The molecule has 0 radical (unpaired) electrons. The fourth-order valence-electron chi connectivity index (χ4n) is 2.87. The van der Waals surface area contributed by atoms with E-state index in [0.717, 1.165) is 0 Å². The van der Waals surface area contributed by atoms with E-state index in [0.29, 0.717) is 47.7 Å². The van der Waals surface area contributed by atoms with E-state index in [9.17, 15) is 14.9 Å². The first kappa shape index (κ1) is 20.2. The summed E-state index contributed by atoms with van der Waals surface area (Å²) in [6, 6.07) is 13.3. The lowest BCUT2D eigenvalue weighted by atomic mass is 10.1. The van der Waals surface area contributed by atoms with Crippen molar-refractivity contribution in [1.82, 2.24) is 9.55 Å². The molecule has 3 aromatic rings. The Bertz CT molecular complexity index is 1120. The zero-order chi connectivity index (χ0) is 20.8. The number of methoxy groups -OCH3 is 1. The number of hydrogen-bond donors (Lipinski definition) is 1. The number of nitro benzene ring substituents is 1. The summed E-state index contributed by atoms with van der Waals surface area (Å²) in [7, 11) is 1.60. The minimum Gasteiger partial charge on any atom is -0.385 e. The third kappa shape index (κ3) is 4.64. The summed E-state index contributed by atoms with van der Waals surface area (Å²) >= 11 is 0. The Morgan fingerprint density at radius 3 is 2.83 bits per heavy atom. The van der Waals surface area contributed by atoms with E-state index in [2.05, 4.69) is 15.5 Å². The van der Waals surface area contributed by atoms with Crippen molar-refractivity contribution in [3.05, 3.63) is 74.6 Å². The summed E-state index contributed by atoms with van der Waals surface area (Å²) in [5.41, 5.74) is 4.35. The number of hydrogen-bond acceptors (Lipinski definition) is 7. The lowest BCUT2D eigenvalue weighted by Gasteiger charge is -2.13. The van der Waals surface area contributed by atoms with Gasteiger partial charge in [0, 0.05) is 38.0 Å². The highest BCUT2D eigenvalue weighted by molar-refractivity contribution is 5.99. The molecule has 29 heavy (non-hydrogen) atoms. The second-order valence-electron chi connectivity index (χ2n) is 6.37. The molecule has 0 unspecified atom stereocenters. The third-order valence-corrected chi connectivity index (χ3v) is 4.39. The number of fused-ring (bicyclic) bond motifs is 1. The molecule has 9 nitrogen and oxygen atoms in total. The van der Waals surface area contributed by atoms with Gasteiger partial charge in [0.2, 0.25) is 5.95 Å². The minimum atomic E-state index is -0.456. The highest BCUT2D eigenvalue weighted by Gasteiger charge is 2.11. The SMILES string of the molecule is COCCCn1c(N/N=C(/C)c2cccc([N+](=O)[O-])c2)nc2ccccc2c1=O. The standard InChI is InChI=1S/C20H21N5O4/c1-14(15-7-5-8-16(13-15)25(27)28)22-23-20-21-18-10-4-3-9-17(18)19(26)24(20)11-6-12-29-2/h3-5,7-10,13H,6,11-12H2,1-2H3,(H,21,23)/b22-14-. The summed E-state index contributed by atoms with van der Waals surface area (Å²) in [5.74, 6) is 0.301. The topological polar surface area (TPSA) is 112 Å². The van der Waals surface area contributed by atoms with Crippen molar-refractivity contribution >= 4 is 28.3 Å². The molecule has 1 heterocycles. The predicted molar refractivity (Wildman–Crippen MR) is 111 cm³/mol. The van der Waals surface area contributed by atoms with Crippen LogP contribution in [0.4, 0.5) is 11.6 Å². The number of benzene rings is 2. The Hall–Kier alpha value is -3.59. The van der Waals surface area contributed by atoms with Gasteiger partial charge in [-0.25, -0.2) is 10.4 Å². The van der Waals surface area contributed by atoms with Gasteiger partial charge in [-0.3, -0.25) is 19.5 Å². The predicted octanol–water partition coefficient (Wildman–Crippen LogP) is 3.18. The van der Waals surface area contributed by atoms with E-state index in [1.807, 2.05) is 6.07 Å². The van der Waals surface area contributed by atoms with E-state index in [1.54, 1.807) is 44.4 Å². The van der Waals surface area contributed by atoms with Crippen molar-refractivity contribution in [1.29, 1.82) is 0 Å². The van der Waals surface area contributed by atoms with E-state index in [1.165, 1.54) is 16.7 Å². The number of nitrogens with zero attached hydrogens (tertiary/aromatic N) is 4. The molecule has 0 aliphatic heterocycles. The molecule has 0 aliphatic rings. The maximum absolute atomic E-state index is 12.9. The number of ether oxygens (including phenoxy) is 1. The highest BCUT2D eigenvalue weighted by atomic mass is 16.6. The van der Waals surface area contributed by atoms with Crippen LogP contribution in [-0.4, -0.2) is 33.9 Å². The fraction of sp³-hybridized carbons (Fsp3) is 0.250. The molecule has 2 aromatic carbocycles. The second-order valence-corrected chi connectivity index (χ2v) is 6.37. The van der Waals surface area contributed by atoms with E-state index in [4.69, 9.17) is 4.74 Å². The normalized spacial score (nSPS) is 11.6. The quantitative estimate of drug-likeness (QED) is 0.271. The van der Waals surface area contributed by atoms with Crippen molar-refractivity contribution < 1.29 is 9.66 Å². The largest absolute Gasteiger partial charge is 0.385 e. The van der Waals surface area contributed by atoms with Crippen LogP contribution in [0.3, 0.4) is 0 Å². The number of anilines is 1. The van der Waals surface area contributed by atoms with Crippen molar-refractivity contribution in [3.63, 3.8) is 0 Å². The van der Waals surface area contributed by atoms with Crippen molar-refractivity contribution in [3.8, 4) is 0 Å². The molecule has 0 aliphatic carbocycles. The van der Waals surface area contributed by atoms with Crippen LogP contribution in [0.15, 0.2) is 58.4 Å². The molecule has 1 N–H and O–H groups in total. The van der Waals surface area contributed by atoms with E-state index >= 15 is 0 Å². The minimum absolute atomic E-state index is 0.0163. The average Bonchev–Trinajstić information content (AvgIpc) is 2.74. The van der Waals surface area contributed by atoms with Gasteiger partial charge in [-0.05, 0) is 25.5 Å². The lowest BCUT2D eigenvalue weighted by molar-refractivity contribution is -0.384. The van der Waals surface area contributed by atoms with Crippen molar-refractivity contribution in [2.45, 2.75) is 19.9 Å². The number of non-ortho nitro benzene ring substituents is 1. The number of hydrazone groups is 1. The van der Waals surface area contributed by atoms with Crippen LogP contribution in [-0.2, 0) is 11.3 Å². The van der Waals surface area contributed by atoms with Crippen LogP contribution < -0.4 is 11.0 Å². The number of nitrogens with one attached hydrogen (secondary N) is 1. The molecule has 9 heteroatoms. The highest BCUT2D eigenvalue weighted by Crippen LogP contribution is 2.15. The number of rotatable bonds is 8. The number of nitro groups is 1. The first-order chi connectivity index (χ1) is 14.0. The first-order valence-corrected chi connectivity index (χ1v) is 9.05. The molecule has 0 fully saturated rings. The Morgan fingerprint density at radius 1 is 1.28 bits per heavy atom. The van der Waals surface area contributed by atoms with Crippen molar-refractivity contribution in [2.24, 2.45) is 5.10 Å². The summed E-state index contributed by atoms with van der Waals surface area (Å²) < 4.78 is 6.60. The molecule has 0 atom stereocenters. The van der Waals surface area contributed by atoms with E-state index in [-0.39, 0.29) is 11.2 Å². The summed E-state index contributed by atoms with van der Waals surface area (Å²) in [6.07, 6.45) is 0.638. The molecule has 150 valence electrons. The van der Waals surface area contributed by atoms with Crippen LogP contribution in [0.1, 0.15) is 18.9 Å². The van der Waals surface area contributed by atoms with Gasteiger partial charge in [0.1, 0.15) is 0 Å². The second kappa shape index (κ2) is 9.07. The van der Waals surface area contributed by atoms with Gasteiger partial charge in [-0.1, -0.05) is 24.3 Å². The fourth-order valence-corrected chi connectivity index (χ4v) is 2.87. The molecule has 3 rings (SSSR count). The number of aromatic nitrogens is 2. The summed E-state index contributed by atoms with van der Waals surface area (Å²) in [5, 5.41) is 15.8. The molecule has 0 spiro atoms. The number of para-hydroxylation sites is 1. The maximum Gasteiger partial charge on any atom is 0.270 e. The van der Waals surface area contributed by atoms with Gasteiger partial charge in [0.25, 0.3) is 11.2 Å². The maximum atomic E-state index is 12.9. The Kier molecular flexibility index (Phi) is 6.30. The van der Waals surface area contributed by atoms with Crippen molar-refractivity contribution in [2.75, 3.05) is 19.1 Å². The van der Waals surface area contributed by atoms with Gasteiger partial charge in [-0.2, -0.15) is 5.10 Å². The summed E-state index contributed by atoms with van der Waals surface area (Å²) in [6.45, 7) is 2.65. The molecule has 0 saturated heterocycles. The van der Waals surface area contributed by atoms with Crippen LogP contribution in [0, 0.1) is 10.1 Å². The summed E-state index contributed by atoms with van der Waals surface area (Å²) in [4.78, 5) is 27.9. The molecule has 0 saturated carbocycles. The van der Waals surface area contributed by atoms with Crippen LogP contribution in [0.2, 0.25) is 0 Å².